The van der Waals surface area contributed by atoms with Gasteiger partial charge in [-0.25, -0.2) is 5.06 Å². The average Bonchev–Trinajstić information content (AvgIpc) is 3.02. The molecule has 2 aliphatic heterocycles. The first-order valence-corrected chi connectivity index (χ1v) is 10.7. The number of rotatable bonds is 8. The first-order valence-electron chi connectivity index (χ1n) is 10.7. The van der Waals surface area contributed by atoms with E-state index in [0.29, 0.717) is 26.4 Å². The maximum Gasteiger partial charge on any atom is 0.127 e. The lowest BCUT2D eigenvalue weighted by molar-refractivity contribution is -0.124. The predicted molar refractivity (Wildman–Crippen MR) is 119 cm³/mol. The molecule has 0 fully saturated rings. The molecule has 160 valence electrons. The fourth-order valence-corrected chi connectivity index (χ4v) is 4.41. The van der Waals surface area contributed by atoms with E-state index >= 15 is 0 Å². The van der Waals surface area contributed by atoms with E-state index in [1.165, 1.54) is 0 Å². The summed E-state index contributed by atoms with van der Waals surface area (Å²) in [6.07, 6.45) is 11.2. The maximum atomic E-state index is 6.48. The molecule has 4 rings (SSSR count). The summed E-state index contributed by atoms with van der Waals surface area (Å²) in [5, 5.41) is 1.90. The lowest BCUT2D eigenvalue weighted by atomic mass is 9.79. The molecule has 2 unspecified atom stereocenters. The highest BCUT2D eigenvalue weighted by Crippen LogP contribution is 2.44. The molecule has 1 spiro atoms. The van der Waals surface area contributed by atoms with Crippen LogP contribution < -0.4 is 5.73 Å². The summed E-state index contributed by atoms with van der Waals surface area (Å²) in [4.78, 5) is 13.7. The summed E-state index contributed by atoms with van der Waals surface area (Å²) >= 11 is 0. The van der Waals surface area contributed by atoms with Crippen LogP contribution in [0.25, 0.3) is 0 Å². The van der Waals surface area contributed by atoms with Gasteiger partial charge in [0, 0.05) is 24.9 Å². The van der Waals surface area contributed by atoms with Crippen molar-refractivity contribution in [1.29, 1.82) is 0 Å². The van der Waals surface area contributed by atoms with Crippen LogP contribution in [0.3, 0.4) is 0 Å². The Kier molecular flexibility index (Phi) is 5.93. The molecule has 1 aliphatic carbocycles. The van der Waals surface area contributed by atoms with E-state index < -0.39 is 5.54 Å². The normalized spacial score (nSPS) is 25.7. The number of allylic oxidation sites excluding steroid dienone is 2. The maximum absolute atomic E-state index is 6.48. The third kappa shape index (κ3) is 4.01. The molecule has 0 aromatic heterocycles. The van der Waals surface area contributed by atoms with Crippen LogP contribution in [0.1, 0.15) is 32.8 Å². The van der Waals surface area contributed by atoms with Crippen molar-refractivity contribution in [3.8, 4) is 0 Å². The fourth-order valence-electron chi connectivity index (χ4n) is 4.41. The standard InChI is InChI=1S/C24H32N4O2/c1-4-29-17-22-26-20-12-8-13-21-24(20,27(22)18-23(2,3)25)14-9-15-28(21)30-16-19-10-6-5-7-11-19/h5-13,15,22H,4,14,16-18,25H2,1-3H3. The zero-order valence-corrected chi connectivity index (χ0v) is 18.1. The molecule has 6 nitrogen and oxygen atoms in total. The summed E-state index contributed by atoms with van der Waals surface area (Å²) in [5.74, 6) is 0. The number of benzene rings is 1. The Hall–Kier alpha value is -2.25. The molecule has 2 atom stereocenters. The second-order valence-corrected chi connectivity index (χ2v) is 8.72. The Labute approximate surface area is 179 Å². The van der Waals surface area contributed by atoms with Gasteiger partial charge in [-0.15, -0.1) is 0 Å². The zero-order valence-electron chi connectivity index (χ0n) is 18.1. The predicted octanol–water partition coefficient (Wildman–Crippen LogP) is 3.39. The minimum absolute atomic E-state index is 0.0728. The fraction of sp³-hybridized carbons (Fsp3) is 0.458. The van der Waals surface area contributed by atoms with Crippen LogP contribution in [0.5, 0.6) is 0 Å². The monoisotopic (exact) mass is 408 g/mol. The Morgan fingerprint density at radius 3 is 2.80 bits per heavy atom. The van der Waals surface area contributed by atoms with Crippen molar-refractivity contribution in [2.45, 2.75) is 51.0 Å². The molecule has 0 radical (unpaired) electrons. The Morgan fingerprint density at radius 1 is 1.27 bits per heavy atom. The molecule has 3 aliphatic rings. The third-order valence-corrected chi connectivity index (χ3v) is 5.65. The highest BCUT2D eigenvalue weighted by Gasteiger charge is 2.55. The van der Waals surface area contributed by atoms with Gasteiger partial charge in [-0.05, 0) is 44.9 Å². The second kappa shape index (κ2) is 8.47. The van der Waals surface area contributed by atoms with Crippen molar-refractivity contribution < 1.29 is 9.57 Å². The van der Waals surface area contributed by atoms with Crippen molar-refractivity contribution in [3.63, 3.8) is 0 Å². The highest BCUT2D eigenvalue weighted by atomic mass is 16.7. The number of hydroxylamine groups is 2. The SMILES string of the molecule is CCOCC1N=C2C=CC=C3N(OCc4ccccc4)C=CCC32N1CC(C)(C)N. The van der Waals surface area contributed by atoms with Crippen LogP contribution in [0.4, 0.5) is 0 Å². The summed E-state index contributed by atoms with van der Waals surface area (Å²) in [5.41, 5.74) is 8.98. The van der Waals surface area contributed by atoms with Gasteiger partial charge < -0.3 is 10.5 Å². The van der Waals surface area contributed by atoms with E-state index in [2.05, 4.69) is 55.2 Å². The third-order valence-electron chi connectivity index (χ3n) is 5.65. The van der Waals surface area contributed by atoms with E-state index in [-0.39, 0.29) is 11.7 Å². The topological polar surface area (TPSA) is 63.3 Å². The minimum atomic E-state index is -0.390. The van der Waals surface area contributed by atoms with Gasteiger partial charge in [0.15, 0.2) is 0 Å². The molecule has 2 heterocycles. The molecule has 2 N–H and O–H groups in total. The van der Waals surface area contributed by atoms with Crippen molar-refractivity contribution in [1.82, 2.24) is 9.96 Å². The molecule has 0 saturated heterocycles. The summed E-state index contributed by atoms with van der Waals surface area (Å²) in [6.45, 7) is 8.54. The number of aliphatic imine (C=N–C) groups is 1. The van der Waals surface area contributed by atoms with Gasteiger partial charge in [0.2, 0.25) is 0 Å². The Morgan fingerprint density at radius 2 is 2.07 bits per heavy atom. The van der Waals surface area contributed by atoms with Crippen LogP contribution in [0.15, 0.2) is 71.5 Å². The van der Waals surface area contributed by atoms with E-state index in [9.17, 15) is 0 Å². The van der Waals surface area contributed by atoms with E-state index in [1.807, 2.05) is 36.4 Å². The molecule has 0 amide bonds. The van der Waals surface area contributed by atoms with Crippen molar-refractivity contribution >= 4 is 5.71 Å². The average molecular weight is 409 g/mol. The molecule has 1 aromatic rings. The number of nitrogens with zero attached hydrogens (tertiary/aromatic N) is 3. The number of hydrogen-bond donors (Lipinski definition) is 1. The van der Waals surface area contributed by atoms with Crippen molar-refractivity contribution in [2.75, 3.05) is 19.8 Å². The molecule has 30 heavy (non-hydrogen) atoms. The largest absolute Gasteiger partial charge is 0.378 e. The lowest BCUT2D eigenvalue weighted by Gasteiger charge is -2.49. The van der Waals surface area contributed by atoms with E-state index in [4.69, 9.17) is 20.3 Å². The summed E-state index contributed by atoms with van der Waals surface area (Å²) in [7, 11) is 0. The lowest BCUT2D eigenvalue weighted by Crippen LogP contribution is -2.62. The smallest absolute Gasteiger partial charge is 0.127 e. The van der Waals surface area contributed by atoms with Crippen LogP contribution in [0, 0.1) is 0 Å². The highest BCUT2D eigenvalue weighted by molar-refractivity contribution is 6.08. The van der Waals surface area contributed by atoms with E-state index in [1.54, 1.807) is 0 Å². The van der Waals surface area contributed by atoms with Gasteiger partial charge in [-0.3, -0.25) is 14.7 Å². The van der Waals surface area contributed by atoms with E-state index in [0.717, 1.165) is 23.4 Å². The van der Waals surface area contributed by atoms with Crippen LogP contribution in [-0.4, -0.2) is 52.7 Å². The molecule has 1 aromatic carbocycles. The molecular formula is C24H32N4O2. The molecule has 6 heteroatoms. The van der Waals surface area contributed by atoms with Crippen LogP contribution >= 0.6 is 0 Å². The zero-order chi connectivity index (χ0) is 21.2. The number of hydrogen-bond acceptors (Lipinski definition) is 6. The minimum Gasteiger partial charge on any atom is -0.378 e. The van der Waals surface area contributed by atoms with Gasteiger partial charge in [-0.1, -0.05) is 42.5 Å². The Bertz CT molecular complexity index is 869. The van der Waals surface area contributed by atoms with Crippen LogP contribution in [-0.2, 0) is 16.2 Å². The second-order valence-electron chi connectivity index (χ2n) is 8.72. The Balaban J connectivity index is 1.64. The van der Waals surface area contributed by atoms with Crippen molar-refractivity contribution in [2.24, 2.45) is 10.7 Å². The summed E-state index contributed by atoms with van der Waals surface area (Å²) < 4.78 is 5.78. The molecule has 0 saturated carbocycles. The van der Waals surface area contributed by atoms with Crippen molar-refractivity contribution in [3.05, 3.63) is 72.1 Å². The van der Waals surface area contributed by atoms with Gasteiger partial charge >= 0.3 is 0 Å². The van der Waals surface area contributed by atoms with Gasteiger partial charge in [-0.2, -0.15) is 0 Å². The van der Waals surface area contributed by atoms with Gasteiger partial charge in [0.05, 0.1) is 18.0 Å². The number of ether oxygens (including phenoxy) is 1. The first kappa shape index (κ1) is 21.0. The van der Waals surface area contributed by atoms with Crippen LogP contribution in [0.2, 0.25) is 0 Å². The summed E-state index contributed by atoms with van der Waals surface area (Å²) in [6, 6.07) is 10.2. The first-order chi connectivity index (χ1) is 14.4. The quantitative estimate of drug-likeness (QED) is 0.714. The molecule has 0 bridgehead atoms. The van der Waals surface area contributed by atoms with Gasteiger partial charge in [0.25, 0.3) is 0 Å². The molecular weight excluding hydrogens is 376 g/mol. The number of nitrogens with two attached hydrogens (primary N) is 1. The van der Waals surface area contributed by atoms with Gasteiger partial charge in [0.1, 0.15) is 18.3 Å².